The molecule has 0 saturated carbocycles. The van der Waals surface area contributed by atoms with Crippen molar-refractivity contribution in [1.82, 2.24) is 15.2 Å². The van der Waals surface area contributed by atoms with E-state index in [0.29, 0.717) is 44.3 Å². The first kappa shape index (κ1) is 17.2. The zero-order chi connectivity index (χ0) is 17.3. The molecule has 2 amide bonds. The first-order valence-electron chi connectivity index (χ1n) is 7.44. The summed E-state index contributed by atoms with van der Waals surface area (Å²) in [5.41, 5.74) is 1.32. The standard InChI is InChI=1S/C16H15Cl2N3O2S/c1-9-14(16(23)21-6-2-5-19-13(22)8-21)24-15(20-9)11-7-10(17)3-4-12(11)18/h3-4,7H,2,5-6,8H2,1H3,(H,19,22). The lowest BCUT2D eigenvalue weighted by molar-refractivity contribution is -0.121. The summed E-state index contributed by atoms with van der Waals surface area (Å²) in [5, 5.41) is 4.49. The molecule has 0 atom stereocenters. The molecule has 0 spiro atoms. The van der Waals surface area contributed by atoms with Crippen molar-refractivity contribution in [3.63, 3.8) is 0 Å². The Balaban J connectivity index is 1.92. The summed E-state index contributed by atoms with van der Waals surface area (Å²) >= 11 is 13.5. The second-order valence-corrected chi connectivity index (χ2v) is 7.33. The van der Waals surface area contributed by atoms with E-state index in [-0.39, 0.29) is 18.4 Å². The number of amides is 2. The van der Waals surface area contributed by atoms with Gasteiger partial charge in [0.15, 0.2) is 0 Å². The Labute approximate surface area is 153 Å². The summed E-state index contributed by atoms with van der Waals surface area (Å²) in [6, 6.07) is 5.14. The van der Waals surface area contributed by atoms with Crippen molar-refractivity contribution in [3.05, 3.63) is 38.8 Å². The van der Waals surface area contributed by atoms with Crippen LogP contribution in [0, 0.1) is 6.92 Å². The van der Waals surface area contributed by atoms with E-state index in [0.717, 1.165) is 6.42 Å². The van der Waals surface area contributed by atoms with Gasteiger partial charge in [-0.05, 0) is 31.5 Å². The van der Waals surface area contributed by atoms with E-state index >= 15 is 0 Å². The SMILES string of the molecule is Cc1nc(-c2cc(Cl)ccc2Cl)sc1C(=O)N1CCCNC(=O)C1. The van der Waals surface area contributed by atoms with Crippen LogP contribution in [-0.2, 0) is 4.79 Å². The van der Waals surface area contributed by atoms with Crippen LogP contribution in [0.3, 0.4) is 0 Å². The Hall–Kier alpha value is -1.63. The first-order valence-corrected chi connectivity index (χ1v) is 9.02. The number of nitrogens with one attached hydrogen (secondary N) is 1. The summed E-state index contributed by atoms with van der Waals surface area (Å²) in [4.78, 5) is 31.0. The average Bonchev–Trinajstić information content (AvgIpc) is 2.79. The number of benzene rings is 1. The number of rotatable bonds is 2. The topological polar surface area (TPSA) is 62.3 Å². The van der Waals surface area contributed by atoms with Crippen LogP contribution >= 0.6 is 34.5 Å². The molecule has 126 valence electrons. The number of carbonyl (C=O) groups excluding carboxylic acids is 2. The molecule has 1 aromatic carbocycles. The minimum Gasteiger partial charge on any atom is -0.354 e. The van der Waals surface area contributed by atoms with Gasteiger partial charge >= 0.3 is 0 Å². The van der Waals surface area contributed by atoms with E-state index in [1.807, 2.05) is 0 Å². The molecule has 8 heteroatoms. The first-order chi connectivity index (χ1) is 11.5. The highest BCUT2D eigenvalue weighted by Gasteiger charge is 2.25. The van der Waals surface area contributed by atoms with Gasteiger partial charge in [-0.1, -0.05) is 23.2 Å². The number of aromatic nitrogens is 1. The minimum absolute atomic E-state index is 0.0728. The smallest absolute Gasteiger partial charge is 0.266 e. The third kappa shape index (κ3) is 3.55. The zero-order valence-corrected chi connectivity index (χ0v) is 15.3. The maximum Gasteiger partial charge on any atom is 0.266 e. The van der Waals surface area contributed by atoms with Gasteiger partial charge in [-0.15, -0.1) is 11.3 Å². The van der Waals surface area contributed by atoms with Crippen LogP contribution in [0.25, 0.3) is 10.6 Å². The molecule has 1 aromatic heterocycles. The molecule has 2 heterocycles. The zero-order valence-electron chi connectivity index (χ0n) is 12.9. The van der Waals surface area contributed by atoms with Gasteiger partial charge in [0.1, 0.15) is 9.88 Å². The third-order valence-corrected chi connectivity index (χ3v) is 5.44. The van der Waals surface area contributed by atoms with Gasteiger partial charge in [0.05, 0.1) is 17.3 Å². The maximum atomic E-state index is 12.8. The Morgan fingerprint density at radius 3 is 2.96 bits per heavy atom. The summed E-state index contributed by atoms with van der Waals surface area (Å²) in [5.74, 6) is -0.312. The molecule has 5 nitrogen and oxygen atoms in total. The lowest BCUT2D eigenvalue weighted by atomic mass is 10.2. The molecule has 3 rings (SSSR count). The molecule has 0 bridgehead atoms. The second-order valence-electron chi connectivity index (χ2n) is 5.49. The molecule has 2 aromatic rings. The Kier molecular flexibility index (Phi) is 5.08. The van der Waals surface area contributed by atoms with Crippen molar-refractivity contribution in [1.29, 1.82) is 0 Å². The van der Waals surface area contributed by atoms with Crippen molar-refractivity contribution >= 4 is 46.4 Å². The van der Waals surface area contributed by atoms with Gasteiger partial charge in [-0.2, -0.15) is 0 Å². The average molecular weight is 384 g/mol. The van der Waals surface area contributed by atoms with E-state index in [4.69, 9.17) is 23.2 Å². The highest BCUT2D eigenvalue weighted by atomic mass is 35.5. The quantitative estimate of drug-likeness (QED) is 0.864. The monoisotopic (exact) mass is 383 g/mol. The van der Waals surface area contributed by atoms with Crippen LogP contribution < -0.4 is 5.32 Å². The molecule has 1 aliphatic rings. The van der Waals surface area contributed by atoms with Crippen molar-refractivity contribution < 1.29 is 9.59 Å². The third-order valence-electron chi connectivity index (χ3n) is 3.70. The van der Waals surface area contributed by atoms with Crippen LogP contribution in [0.5, 0.6) is 0 Å². The number of carbonyl (C=O) groups is 2. The molecule has 1 aliphatic heterocycles. The number of halogens is 2. The van der Waals surface area contributed by atoms with Crippen molar-refractivity contribution in [3.8, 4) is 10.6 Å². The van der Waals surface area contributed by atoms with E-state index < -0.39 is 0 Å². The highest BCUT2D eigenvalue weighted by molar-refractivity contribution is 7.17. The predicted molar refractivity (Wildman–Crippen MR) is 95.8 cm³/mol. The molecule has 1 saturated heterocycles. The van der Waals surface area contributed by atoms with E-state index in [1.54, 1.807) is 30.0 Å². The Bertz CT molecular complexity index is 807. The summed E-state index contributed by atoms with van der Waals surface area (Å²) in [6.07, 6.45) is 0.738. The van der Waals surface area contributed by atoms with Gasteiger partial charge in [-0.3, -0.25) is 9.59 Å². The van der Waals surface area contributed by atoms with Crippen molar-refractivity contribution in [2.75, 3.05) is 19.6 Å². The Morgan fingerprint density at radius 1 is 1.38 bits per heavy atom. The molecule has 0 aliphatic carbocycles. The highest BCUT2D eigenvalue weighted by Crippen LogP contribution is 2.35. The number of hydrogen-bond acceptors (Lipinski definition) is 4. The number of nitrogens with zero attached hydrogens (tertiary/aromatic N) is 2. The lowest BCUT2D eigenvalue weighted by Gasteiger charge is -2.18. The summed E-state index contributed by atoms with van der Waals surface area (Å²) in [7, 11) is 0. The van der Waals surface area contributed by atoms with Gasteiger partial charge in [-0.25, -0.2) is 4.98 Å². The van der Waals surface area contributed by atoms with Crippen molar-refractivity contribution in [2.45, 2.75) is 13.3 Å². The largest absolute Gasteiger partial charge is 0.354 e. The number of aryl methyl sites for hydroxylation is 1. The minimum atomic E-state index is -0.175. The van der Waals surface area contributed by atoms with Gasteiger partial charge < -0.3 is 10.2 Å². The van der Waals surface area contributed by atoms with E-state index in [2.05, 4.69) is 10.3 Å². The van der Waals surface area contributed by atoms with Crippen LogP contribution in [-0.4, -0.2) is 41.3 Å². The van der Waals surface area contributed by atoms with E-state index in [9.17, 15) is 9.59 Å². The van der Waals surface area contributed by atoms with Crippen molar-refractivity contribution in [2.24, 2.45) is 0 Å². The van der Waals surface area contributed by atoms with Crippen LogP contribution in [0.1, 0.15) is 21.8 Å². The number of thiazole rings is 1. The molecule has 1 fully saturated rings. The fraction of sp³-hybridized carbons (Fsp3) is 0.312. The molecular weight excluding hydrogens is 369 g/mol. The normalized spacial score (nSPS) is 15.1. The summed E-state index contributed by atoms with van der Waals surface area (Å²) in [6.45, 7) is 2.99. The fourth-order valence-corrected chi connectivity index (χ4v) is 3.99. The molecular formula is C16H15Cl2N3O2S. The molecule has 0 radical (unpaired) electrons. The molecule has 1 N–H and O–H groups in total. The van der Waals surface area contributed by atoms with Gasteiger partial charge in [0, 0.05) is 23.7 Å². The summed E-state index contributed by atoms with van der Waals surface area (Å²) < 4.78 is 0. The van der Waals surface area contributed by atoms with Gasteiger partial charge in [0.2, 0.25) is 5.91 Å². The second kappa shape index (κ2) is 7.09. The van der Waals surface area contributed by atoms with Crippen LogP contribution in [0.4, 0.5) is 0 Å². The van der Waals surface area contributed by atoms with Crippen LogP contribution in [0.2, 0.25) is 10.0 Å². The molecule has 24 heavy (non-hydrogen) atoms. The van der Waals surface area contributed by atoms with Gasteiger partial charge in [0.25, 0.3) is 5.91 Å². The predicted octanol–water partition coefficient (Wildman–Crippen LogP) is 3.39. The van der Waals surface area contributed by atoms with Crippen LogP contribution in [0.15, 0.2) is 18.2 Å². The maximum absolute atomic E-state index is 12.8. The lowest BCUT2D eigenvalue weighted by Crippen LogP contribution is -2.37. The Morgan fingerprint density at radius 2 is 2.17 bits per heavy atom. The molecule has 0 unspecified atom stereocenters. The van der Waals surface area contributed by atoms with E-state index in [1.165, 1.54) is 11.3 Å². The number of hydrogen-bond donors (Lipinski definition) is 1. The fourth-order valence-electron chi connectivity index (χ4n) is 2.49.